The van der Waals surface area contributed by atoms with Crippen LogP contribution in [0.4, 0.5) is 79.0 Å². The van der Waals surface area contributed by atoms with Gasteiger partial charge in [0.2, 0.25) is 0 Å². The third-order valence-corrected chi connectivity index (χ3v) is 29.2. The van der Waals surface area contributed by atoms with Crippen LogP contribution < -0.4 is 63.7 Å². The van der Waals surface area contributed by atoms with Crippen LogP contribution in [0.15, 0.2) is 224 Å². The topological polar surface area (TPSA) is 121 Å². The Kier molecular flexibility index (Phi) is 67.1. The van der Waals surface area contributed by atoms with E-state index in [9.17, 15) is 110 Å². The van der Waals surface area contributed by atoms with E-state index >= 15 is 0 Å². The average Bonchev–Trinajstić information content (AvgIpc) is 0.763. The second kappa shape index (κ2) is 68.7. The molecule has 0 radical (unpaired) electrons. The van der Waals surface area contributed by atoms with Crippen molar-refractivity contribution in [1.29, 1.82) is 0 Å². The van der Waals surface area contributed by atoms with Crippen molar-refractivity contribution in [3.8, 4) is 34.5 Å². The maximum absolute atomic E-state index is 13.3. The fourth-order valence-corrected chi connectivity index (χ4v) is 21.3. The van der Waals surface area contributed by atoms with Crippen LogP contribution in [0.2, 0.25) is 0 Å². The molecule has 6 atom stereocenters. The van der Waals surface area contributed by atoms with E-state index in [0.717, 1.165) is 69.8 Å². The van der Waals surface area contributed by atoms with Gasteiger partial charge in [0, 0.05) is 43.0 Å². The van der Waals surface area contributed by atoms with Gasteiger partial charge < -0.3 is 30.6 Å². The van der Waals surface area contributed by atoms with Gasteiger partial charge in [-0.1, -0.05) is 292 Å². The number of phenols is 6. The molecule has 0 aliphatic heterocycles. The molecule has 0 aliphatic carbocycles. The van der Waals surface area contributed by atoms with Crippen LogP contribution in [0.3, 0.4) is 0 Å². The number of hydrogen-bond donors (Lipinski definition) is 6. The summed E-state index contributed by atoms with van der Waals surface area (Å²) in [4.78, 5) is 0. The fourth-order valence-electron chi connectivity index (χ4n) is 13.1. The number of benzene rings is 12. The van der Waals surface area contributed by atoms with Crippen LogP contribution in [0.1, 0.15) is 178 Å². The average molecular weight is 2660 g/mol. The van der Waals surface area contributed by atoms with E-state index < -0.39 is 173 Å². The Hall–Kier alpha value is -1.47. The van der Waals surface area contributed by atoms with Crippen LogP contribution >= 0.6 is 163 Å². The molecule has 0 saturated carbocycles. The van der Waals surface area contributed by atoms with E-state index in [-0.39, 0.29) is 139 Å². The molecule has 149 heavy (non-hydrogen) atoms. The second-order valence-corrected chi connectivity index (χ2v) is 58.9. The van der Waals surface area contributed by atoms with Crippen LogP contribution in [0.5, 0.6) is 34.5 Å². The van der Waals surface area contributed by atoms with E-state index in [1.165, 1.54) is 66.7 Å². The van der Waals surface area contributed by atoms with Gasteiger partial charge in [-0.15, -0.1) is 0 Å². The summed E-state index contributed by atoms with van der Waals surface area (Å²) in [7, 11) is 57.2. The Labute approximate surface area is 970 Å². The molecule has 48 heteroatoms. The number of halogens is 30. The van der Waals surface area contributed by atoms with E-state index in [1.54, 1.807) is 126 Å². The van der Waals surface area contributed by atoms with Crippen LogP contribution in [-0.2, 0) is 161 Å². The van der Waals surface area contributed by atoms with Crippen molar-refractivity contribution in [2.24, 2.45) is 0 Å². The number of phenolic OH excluding ortho intramolecular Hbond substituents is 6. The molecule has 0 fully saturated rings. The first-order valence-electron chi connectivity index (χ1n) is 43.0. The number of aryl methyl sites for hydroxylation is 7. The van der Waals surface area contributed by atoms with E-state index in [1.807, 2.05) is 106 Å². The Morgan fingerprint density at radius 2 is 0.436 bits per heavy atom. The van der Waals surface area contributed by atoms with Gasteiger partial charge in [-0.3, -0.25) is 0 Å². The third-order valence-electron chi connectivity index (χ3n) is 20.3. The molecule has 0 saturated heterocycles. The molecule has 0 amide bonds. The Morgan fingerprint density at radius 1 is 0.195 bits per heavy atom. The molecule has 12 aromatic carbocycles. The first-order chi connectivity index (χ1) is 68.7. The minimum atomic E-state index is -4.41. The van der Waals surface area contributed by atoms with Crippen LogP contribution in [-0.4, -0.2) is 30.6 Å². The quantitative estimate of drug-likeness (QED) is 0.0412. The molecule has 6 N–H and O–H groups in total. The SMILES string of the molecule is CC(C)(C)c1cc(Pc2ccccc2C(F)(F)F)c(O)c(C(C)(C)C)c1.Cc1cc(C(C)(C)C)cc(Pc2ccccc2C(F)(F)F)c1O.Cc1cc(Pc2ccccc2C(F)(F)F)c(O)c(C(C)(C)C)c1.Cc1ccc(O)c(Pc2c(C)cccc2C(F)(F)F)c1.Cc1cccc(C(F)(F)F)c1Pc1ccccc1O.Cc1cccc(Pc2c(C)cccc2C(F)(F)F)c1O.[Cl][Ti][Cl].[Cl][Ti][Cl].[Cl][Ti][Cl].[Cl][Ti][Cl].[Cl][Ti][Cl].[Cl][Ti][Cl]. The number of para-hydroxylation sites is 2. The van der Waals surface area contributed by atoms with Gasteiger partial charge in [-0.25, -0.2) is 0 Å². The second-order valence-electron chi connectivity index (χ2n) is 35.6. The summed E-state index contributed by atoms with van der Waals surface area (Å²) in [5.41, 5.74) is 3.74. The van der Waals surface area contributed by atoms with Crippen molar-refractivity contribution in [2.45, 2.75) is 190 Å². The van der Waals surface area contributed by atoms with Gasteiger partial charge in [0.1, 0.15) is 34.5 Å². The standard InChI is InChI=1S/C21H26F3OP.2C18H20F3OP.2C15H14F3OP.C14H12F3OP.12ClH.6Ti/c1-19(2,3)13-11-15(20(4,5)6)18(25)17(12-13)26-16-10-8-7-9-14(16)21(22,23)24;1-11-9-12(17(2,3)4)10-15(16(11)22)23-14-8-6-5-7-13(14)18(19,20)21;1-11-9-13(17(2,3)4)16(22)15(10-11)23-14-8-6-5-7-12(14)18(19,20)21;1-9-5-4-8-12(13(9)19)20-14-10(2)6-3-7-11(14)15(16,17)18;1-9-6-7-12(19)13(8-9)20-14-10(2)4-3-5-11(14)15(16,17)18;1-9-5-4-6-10(14(15,16)17)13(9)19-12-8-3-2-7-11(12)18;;;;;;;;;;;;;;;;;;/h7-12,25-26H,1-6H3;2*5-10,22-23H,1-4H3;2*3-8,19-20H,1-2H3;2-8,18-19H,1H3;12*1H;;;;;;/q;;;;;;;;;;;;;;;;;;6*+2/p-12. The van der Waals surface area contributed by atoms with Crippen molar-refractivity contribution in [1.82, 2.24) is 0 Å². The van der Waals surface area contributed by atoms with Gasteiger partial charge in [0.15, 0.2) is 0 Å². The van der Waals surface area contributed by atoms with E-state index in [4.69, 9.17) is 112 Å². The Bertz CT molecular complexity index is 6030. The summed E-state index contributed by atoms with van der Waals surface area (Å²) >= 11 is -3.33. The molecule has 0 bridgehead atoms. The Balaban J connectivity index is 0.000000866. The molecule has 0 heterocycles. The van der Waals surface area contributed by atoms with Gasteiger partial charge in [0.05, 0.1) is 33.4 Å². The van der Waals surface area contributed by atoms with Crippen molar-refractivity contribution < 1.29 is 212 Å². The van der Waals surface area contributed by atoms with Crippen molar-refractivity contribution >= 4 is 227 Å². The molecule has 810 valence electrons. The molecule has 0 aliphatic rings. The molecule has 6 unspecified atom stereocenters. The Morgan fingerprint density at radius 3 is 0.758 bits per heavy atom. The molecule has 12 aromatic rings. The van der Waals surface area contributed by atoms with E-state index in [2.05, 4.69) is 20.8 Å². The predicted molar refractivity (Wildman–Crippen MR) is 581 cm³/mol. The normalized spacial score (nSPS) is 11.8. The van der Waals surface area contributed by atoms with Gasteiger partial charge >= 0.3 is 251 Å². The van der Waals surface area contributed by atoms with Gasteiger partial charge in [0.25, 0.3) is 0 Å². The predicted octanol–water partition coefficient (Wildman–Crippen LogP) is 33.8. The maximum atomic E-state index is 13.3. The number of rotatable bonds is 12. The first kappa shape index (κ1) is 146. The zero-order valence-electron chi connectivity index (χ0n) is 82.9. The number of hydrogen-bond acceptors (Lipinski definition) is 6. The zero-order valence-corrected chi connectivity index (χ0v) is 107. The fraction of sp³-hybridized carbons (Fsp3) is 0.287. The summed E-state index contributed by atoms with van der Waals surface area (Å²) in [5, 5.41) is 65.6. The molecule has 0 aromatic heterocycles. The number of aromatic hydroxyl groups is 6. The van der Waals surface area contributed by atoms with Crippen LogP contribution in [0, 0.1) is 48.5 Å². The summed E-state index contributed by atoms with van der Waals surface area (Å²) in [5.74, 6) is 0.400. The third kappa shape index (κ3) is 51.6. The minimum absolute atomic E-state index is 0.0252. The zero-order chi connectivity index (χ0) is 115. The van der Waals surface area contributed by atoms with Gasteiger partial charge in [-0.2, -0.15) is 79.0 Å². The molecular formula is C101H106Cl12F18O6P6Ti6. The monoisotopic (exact) mass is 2650 g/mol. The molecular weight excluding hydrogens is 2550 g/mol. The molecule has 0 spiro atoms. The summed E-state index contributed by atoms with van der Waals surface area (Å²) in [6.07, 6.45) is -26.3. The van der Waals surface area contributed by atoms with Crippen molar-refractivity contribution in [3.63, 3.8) is 0 Å². The molecule has 12 rings (SSSR count). The van der Waals surface area contributed by atoms with E-state index in [0.29, 0.717) is 59.6 Å². The van der Waals surface area contributed by atoms with Crippen molar-refractivity contribution in [3.05, 3.63) is 319 Å². The van der Waals surface area contributed by atoms with Crippen LogP contribution in [0.25, 0.3) is 0 Å². The summed E-state index contributed by atoms with van der Waals surface area (Å²) in [6.45, 7) is 36.4. The van der Waals surface area contributed by atoms with Crippen molar-refractivity contribution in [2.75, 3.05) is 0 Å². The summed E-state index contributed by atoms with van der Waals surface area (Å²) in [6, 6.07) is 56.8. The molecule has 6 nitrogen and oxygen atoms in total. The first-order valence-corrected chi connectivity index (χ1v) is 74.8. The van der Waals surface area contributed by atoms with Gasteiger partial charge in [-0.05, 0) is 219 Å². The summed E-state index contributed by atoms with van der Waals surface area (Å²) < 4.78 is 236. The number of alkyl halides is 18.